The van der Waals surface area contributed by atoms with Gasteiger partial charge in [0.2, 0.25) is 0 Å². The molecule has 16 heavy (non-hydrogen) atoms. The van der Waals surface area contributed by atoms with E-state index in [4.69, 9.17) is 11.6 Å². The average molecular weight is 233 g/mol. The van der Waals surface area contributed by atoms with Crippen LogP contribution in [0.3, 0.4) is 0 Å². The van der Waals surface area contributed by atoms with Gasteiger partial charge in [0.25, 0.3) is 0 Å². The second-order valence-electron chi connectivity index (χ2n) is 3.44. The first-order valence-corrected chi connectivity index (χ1v) is 5.31. The third-order valence-corrected chi connectivity index (χ3v) is 2.42. The summed E-state index contributed by atoms with van der Waals surface area (Å²) in [5.41, 5.74) is 1.98. The fourth-order valence-corrected chi connectivity index (χ4v) is 1.58. The minimum atomic E-state index is -0.222. The van der Waals surface area contributed by atoms with Crippen molar-refractivity contribution in [1.82, 2.24) is 0 Å². The Hall–Kier alpha value is -1.60. The molecule has 0 saturated heterocycles. The summed E-state index contributed by atoms with van der Waals surface area (Å²) in [6.07, 6.45) is 3.87. The van der Waals surface area contributed by atoms with Crippen LogP contribution in [0.15, 0.2) is 48.5 Å². The molecular weight excluding hydrogens is 223 g/mol. The molecule has 0 amide bonds. The molecule has 0 unspecified atom stereocenters. The zero-order valence-electron chi connectivity index (χ0n) is 8.53. The molecule has 2 aromatic rings. The average Bonchev–Trinajstić information content (AvgIpc) is 2.28. The lowest BCUT2D eigenvalue weighted by Crippen LogP contribution is -1.75. The highest BCUT2D eigenvalue weighted by atomic mass is 35.5. The fraction of sp³-hybridized carbons (Fsp3) is 0. The van der Waals surface area contributed by atoms with E-state index in [1.807, 2.05) is 36.4 Å². The van der Waals surface area contributed by atoms with Crippen molar-refractivity contribution < 1.29 is 4.39 Å². The van der Waals surface area contributed by atoms with Crippen LogP contribution in [0.25, 0.3) is 12.2 Å². The molecule has 0 saturated carbocycles. The summed E-state index contributed by atoms with van der Waals surface area (Å²) >= 11 is 5.86. The summed E-state index contributed by atoms with van der Waals surface area (Å²) in [5.74, 6) is -0.222. The summed E-state index contributed by atoms with van der Waals surface area (Å²) in [7, 11) is 0. The Bertz CT molecular complexity index is 500. The van der Waals surface area contributed by atoms with Gasteiger partial charge in [-0.15, -0.1) is 0 Å². The van der Waals surface area contributed by atoms with Gasteiger partial charge >= 0.3 is 0 Å². The summed E-state index contributed by atoms with van der Waals surface area (Å²) in [6, 6.07) is 13.9. The first-order valence-electron chi connectivity index (χ1n) is 4.93. The molecule has 0 aliphatic rings. The molecule has 0 bridgehead atoms. The Balaban J connectivity index is 2.18. The smallest absolute Gasteiger partial charge is 0.123 e. The van der Waals surface area contributed by atoms with Gasteiger partial charge in [-0.25, -0.2) is 4.39 Å². The van der Waals surface area contributed by atoms with Gasteiger partial charge in [0.05, 0.1) is 0 Å². The predicted octanol–water partition coefficient (Wildman–Crippen LogP) is 4.65. The molecule has 0 spiro atoms. The van der Waals surface area contributed by atoms with Crippen LogP contribution in [0.2, 0.25) is 5.02 Å². The van der Waals surface area contributed by atoms with Crippen molar-refractivity contribution in [3.63, 3.8) is 0 Å². The number of hydrogen-bond acceptors (Lipinski definition) is 0. The Morgan fingerprint density at radius 3 is 2.25 bits per heavy atom. The van der Waals surface area contributed by atoms with Crippen LogP contribution in [0, 0.1) is 5.82 Å². The van der Waals surface area contributed by atoms with Gasteiger partial charge in [0.1, 0.15) is 5.82 Å². The minimum absolute atomic E-state index is 0.222. The highest BCUT2D eigenvalue weighted by Gasteiger charge is 1.91. The molecule has 0 radical (unpaired) electrons. The molecule has 0 nitrogen and oxygen atoms in total. The largest absolute Gasteiger partial charge is 0.207 e. The maximum absolute atomic E-state index is 12.7. The second kappa shape index (κ2) is 4.95. The van der Waals surface area contributed by atoms with Gasteiger partial charge in [-0.3, -0.25) is 0 Å². The Labute approximate surface area is 99.0 Å². The molecular formula is C14H10ClF. The van der Waals surface area contributed by atoms with Gasteiger partial charge in [-0.2, -0.15) is 0 Å². The van der Waals surface area contributed by atoms with Crippen LogP contribution in [-0.2, 0) is 0 Å². The lowest BCUT2D eigenvalue weighted by molar-refractivity contribution is 0.628. The highest BCUT2D eigenvalue weighted by Crippen LogP contribution is 2.13. The molecule has 80 valence electrons. The quantitative estimate of drug-likeness (QED) is 0.662. The summed E-state index contributed by atoms with van der Waals surface area (Å²) < 4.78 is 12.7. The van der Waals surface area contributed by atoms with E-state index in [-0.39, 0.29) is 5.82 Å². The Morgan fingerprint density at radius 1 is 0.875 bits per heavy atom. The summed E-state index contributed by atoms with van der Waals surface area (Å²) in [5, 5.41) is 0.709. The van der Waals surface area contributed by atoms with Crippen molar-refractivity contribution in [2.75, 3.05) is 0 Å². The molecule has 2 rings (SSSR count). The zero-order valence-corrected chi connectivity index (χ0v) is 9.29. The Kier molecular flexibility index (Phi) is 3.37. The monoisotopic (exact) mass is 232 g/mol. The molecule has 0 heterocycles. The standard InChI is InChI=1S/C14H10ClF/c15-13-3-1-2-12(10-13)5-4-11-6-8-14(16)9-7-11/h1-10H/b5-4+. The topological polar surface area (TPSA) is 0 Å². The third-order valence-electron chi connectivity index (χ3n) is 2.19. The zero-order chi connectivity index (χ0) is 11.4. The van der Waals surface area contributed by atoms with Gasteiger partial charge in [0, 0.05) is 5.02 Å². The van der Waals surface area contributed by atoms with Gasteiger partial charge in [0.15, 0.2) is 0 Å². The van der Waals surface area contributed by atoms with E-state index < -0.39 is 0 Å². The SMILES string of the molecule is Fc1ccc(/C=C/c2cccc(Cl)c2)cc1. The molecule has 2 heteroatoms. The van der Waals surface area contributed by atoms with Crippen molar-refractivity contribution in [3.05, 3.63) is 70.5 Å². The van der Waals surface area contributed by atoms with Gasteiger partial charge in [-0.1, -0.05) is 48.0 Å². The molecule has 0 atom stereocenters. The van der Waals surface area contributed by atoms with E-state index in [2.05, 4.69) is 0 Å². The van der Waals surface area contributed by atoms with E-state index >= 15 is 0 Å². The van der Waals surface area contributed by atoms with Crippen LogP contribution in [0.1, 0.15) is 11.1 Å². The molecule has 0 aromatic heterocycles. The van der Waals surface area contributed by atoms with Crippen molar-refractivity contribution in [1.29, 1.82) is 0 Å². The van der Waals surface area contributed by atoms with Crippen LogP contribution in [0.5, 0.6) is 0 Å². The van der Waals surface area contributed by atoms with Crippen LogP contribution < -0.4 is 0 Å². The van der Waals surface area contributed by atoms with Gasteiger partial charge < -0.3 is 0 Å². The van der Waals surface area contributed by atoms with E-state index in [0.29, 0.717) is 5.02 Å². The van der Waals surface area contributed by atoms with E-state index in [1.54, 1.807) is 12.1 Å². The van der Waals surface area contributed by atoms with Crippen molar-refractivity contribution in [2.24, 2.45) is 0 Å². The number of halogens is 2. The normalized spacial score (nSPS) is 10.9. The Morgan fingerprint density at radius 2 is 1.56 bits per heavy atom. The van der Waals surface area contributed by atoms with Crippen molar-refractivity contribution in [2.45, 2.75) is 0 Å². The number of benzene rings is 2. The van der Waals surface area contributed by atoms with E-state index in [0.717, 1.165) is 11.1 Å². The lowest BCUT2D eigenvalue weighted by Gasteiger charge is -1.95. The van der Waals surface area contributed by atoms with E-state index in [9.17, 15) is 4.39 Å². The number of rotatable bonds is 2. The van der Waals surface area contributed by atoms with Crippen LogP contribution in [-0.4, -0.2) is 0 Å². The van der Waals surface area contributed by atoms with Crippen molar-refractivity contribution >= 4 is 23.8 Å². The maximum atomic E-state index is 12.7. The number of hydrogen-bond donors (Lipinski definition) is 0. The molecule has 2 aromatic carbocycles. The first kappa shape index (κ1) is 10.9. The third kappa shape index (κ3) is 2.94. The maximum Gasteiger partial charge on any atom is 0.123 e. The van der Waals surface area contributed by atoms with Crippen LogP contribution >= 0.6 is 11.6 Å². The van der Waals surface area contributed by atoms with Gasteiger partial charge in [-0.05, 0) is 35.4 Å². The molecule has 0 N–H and O–H groups in total. The van der Waals surface area contributed by atoms with Crippen molar-refractivity contribution in [3.8, 4) is 0 Å². The lowest BCUT2D eigenvalue weighted by atomic mass is 10.1. The summed E-state index contributed by atoms with van der Waals surface area (Å²) in [6.45, 7) is 0. The minimum Gasteiger partial charge on any atom is -0.207 e. The van der Waals surface area contributed by atoms with E-state index in [1.165, 1.54) is 12.1 Å². The first-order chi connectivity index (χ1) is 7.74. The highest BCUT2D eigenvalue weighted by molar-refractivity contribution is 6.30. The molecule has 0 aliphatic heterocycles. The molecule has 0 aliphatic carbocycles. The summed E-state index contributed by atoms with van der Waals surface area (Å²) in [4.78, 5) is 0. The predicted molar refractivity (Wildman–Crippen MR) is 66.8 cm³/mol. The molecule has 0 fully saturated rings. The second-order valence-corrected chi connectivity index (χ2v) is 3.88. The fourth-order valence-electron chi connectivity index (χ4n) is 1.38. The van der Waals surface area contributed by atoms with Crippen LogP contribution in [0.4, 0.5) is 4.39 Å².